The van der Waals surface area contributed by atoms with Gasteiger partial charge in [-0.25, -0.2) is 14.6 Å². The van der Waals surface area contributed by atoms with Gasteiger partial charge in [-0.1, -0.05) is 11.3 Å². The van der Waals surface area contributed by atoms with E-state index in [4.69, 9.17) is 0 Å². The molecule has 3 aromatic carbocycles. The van der Waals surface area contributed by atoms with E-state index in [1.807, 2.05) is 12.1 Å². The number of benzene rings is 3. The second kappa shape index (κ2) is 15.3. The van der Waals surface area contributed by atoms with Crippen LogP contribution in [0, 0.1) is 29.6 Å². The first kappa shape index (κ1) is 38.3. The normalized spacial score (nSPS) is 11.6. The van der Waals surface area contributed by atoms with Gasteiger partial charge in [-0.3, -0.25) is 9.11 Å². The first-order valence-corrected chi connectivity index (χ1v) is 18.3. The number of hydrogen-bond acceptors (Lipinski definition) is 16. The second-order valence-electron chi connectivity index (χ2n) is 10.7. The topological polar surface area (TPSA) is 317 Å². The van der Waals surface area contributed by atoms with E-state index in [-0.39, 0.29) is 82.0 Å². The fraction of sp³-hybridized carbons (Fsp3) is 0.0312. The Morgan fingerprint density at radius 1 is 0.722 bits per heavy atom. The molecule has 0 unspecified atom stereocenters. The lowest BCUT2D eigenvalue weighted by atomic mass is 10.1. The van der Waals surface area contributed by atoms with Crippen LogP contribution in [0.1, 0.15) is 37.4 Å². The molecule has 0 radical (unpaired) electrons. The van der Waals surface area contributed by atoms with Crippen LogP contribution in [0.25, 0.3) is 0 Å². The van der Waals surface area contributed by atoms with E-state index in [9.17, 15) is 56.3 Å². The van der Waals surface area contributed by atoms with Crippen molar-refractivity contribution >= 4 is 87.9 Å². The number of carboxylic acid groups (broad SMARTS) is 2. The molecular weight excluding hydrogens is 767 g/mol. The predicted octanol–water partition coefficient (Wildman–Crippen LogP) is 7.40. The third kappa shape index (κ3) is 8.91. The van der Waals surface area contributed by atoms with Crippen molar-refractivity contribution in [3.05, 3.63) is 101 Å². The lowest BCUT2D eigenvalue weighted by Crippen LogP contribution is -2.05. The highest BCUT2D eigenvalue weighted by Crippen LogP contribution is 2.41. The number of aromatic nitrogens is 1. The Kier molecular flexibility index (Phi) is 10.9. The van der Waals surface area contributed by atoms with Gasteiger partial charge in [-0.05, 0) is 79.7 Å². The summed E-state index contributed by atoms with van der Waals surface area (Å²) in [6.07, 6.45) is 0. The quantitative estimate of drug-likeness (QED) is 0.0529. The monoisotopic (exact) mass is 787 g/mol. The van der Waals surface area contributed by atoms with E-state index >= 15 is 0 Å². The molecule has 0 spiro atoms. The third-order valence-electron chi connectivity index (χ3n) is 7.09. The Labute approximate surface area is 308 Å². The summed E-state index contributed by atoms with van der Waals surface area (Å²) in [7, 11) is -8.99. The number of rotatable bonds is 12. The average Bonchev–Trinajstić information content (AvgIpc) is 3.52. The van der Waals surface area contributed by atoms with Crippen LogP contribution in [0.15, 0.2) is 103 Å². The highest BCUT2D eigenvalue weighted by atomic mass is 32.2. The average molecular weight is 788 g/mol. The second-order valence-corrected chi connectivity index (χ2v) is 14.6. The summed E-state index contributed by atoms with van der Waals surface area (Å²) in [5.74, 6) is -2.83. The van der Waals surface area contributed by atoms with Gasteiger partial charge >= 0.3 is 11.9 Å². The highest BCUT2D eigenvalue weighted by Gasteiger charge is 2.20. The summed E-state index contributed by atoms with van der Waals surface area (Å²) in [4.78, 5) is 26.6. The van der Waals surface area contributed by atoms with Crippen molar-refractivity contribution in [3.8, 4) is 12.1 Å². The molecule has 5 rings (SSSR count). The van der Waals surface area contributed by atoms with Crippen LogP contribution < -0.4 is 10.6 Å². The summed E-state index contributed by atoms with van der Waals surface area (Å²) in [6.45, 7) is 1.52. The summed E-state index contributed by atoms with van der Waals surface area (Å²) in [6, 6.07) is 18.2. The zero-order chi connectivity index (χ0) is 39.4. The molecule has 272 valence electrons. The minimum atomic E-state index is -4.51. The molecule has 0 amide bonds. The molecule has 0 aliphatic heterocycles. The van der Waals surface area contributed by atoms with Crippen LogP contribution in [0.4, 0.5) is 44.4 Å². The number of carbonyl (C=O) groups is 2. The highest BCUT2D eigenvalue weighted by molar-refractivity contribution is 7.86. The molecule has 6 N–H and O–H groups in total. The number of pyridine rings is 1. The molecule has 19 nitrogen and oxygen atoms in total. The smallest absolute Gasteiger partial charge is 0.335 e. The van der Waals surface area contributed by atoms with Gasteiger partial charge in [-0.2, -0.15) is 27.4 Å². The van der Waals surface area contributed by atoms with Crippen molar-refractivity contribution in [2.45, 2.75) is 16.7 Å². The number of nitrogens with one attached hydrogen (secondary N) is 2. The largest absolute Gasteiger partial charge is 0.478 e. The number of thiophene rings is 1. The van der Waals surface area contributed by atoms with Gasteiger partial charge in [0.1, 0.15) is 22.8 Å². The molecule has 0 saturated heterocycles. The number of hydrogen-bond donors (Lipinski definition) is 6. The van der Waals surface area contributed by atoms with Gasteiger partial charge in [0.2, 0.25) is 0 Å². The minimum Gasteiger partial charge on any atom is -0.478 e. The molecule has 0 atom stereocenters. The van der Waals surface area contributed by atoms with Crippen LogP contribution in [0.5, 0.6) is 0 Å². The van der Waals surface area contributed by atoms with E-state index in [1.54, 1.807) is 0 Å². The number of nitrogens with zero attached hydrogens (tertiary/aromatic N) is 7. The minimum absolute atomic E-state index is 0.00345. The van der Waals surface area contributed by atoms with Crippen molar-refractivity contribution in [1.29, 1.82) is 10.5 Å². The maximum atomic E-state index is 11.6. The van der Waals surface area contributed by atoms with Crippen LogP contribution in [-0.2, 0) is 20.2 Å². The van der Waals surface area contributed by atoms with Gasteiger partial charge in [-0.15, -0.1) is 20.5 Å². The Bertz CT molecular complexity index is 2670. The summed E-state index contributed by atoms with van der Waals surface area (Å²) in [5, 5.41) is 60.9. The van der Waals surface area contributed by atoms with Crippen molar-refractivity contribution in [2.24, 2.45) is 20.5 Å². The van der Waals surface area contributed by atoms with Crippen molar-refractivity contribution in [3.63, 3.8) is 0 Å². The lowest BCUT2D eigenvalue weighted by molar-refractivity contribution is 0.0696. The molecule has 0 bridgehead atoms. The molecule has 22 heteroatoms. The van der Waals surface area contributed by atoms with Gasteiger partial charge < -0.3 is 20.8 Å². The molecule has 0 fully saturated rings. The number of carboxylic acids is 2. The Balaban J connectivity index is 1.56. The number of nitriles is 2. The number of azo groups is 2. The molecule has 5 aromatic rings. The molecule has 0 aliphatic rings. The van der Waals surface area contributed by atoms with E-state index in [2.05, 4.69) is 36.1 Å². The fourth-order valence-corrected chi connectivity index (χ4v) is 6.23. The van der Waals surface area contributed by atoms with Gasteiger partial charge in [0.25, 0.3) is 20.2 Å². The first-order chi connectivity index (χ1) is 25.5. The van der Waals surface area contributed by atoms with Gasteiger partial charge in [0, 0.05) is 16.9 Å². The van der Waals surface area contributed by atoms with E-state index in [1.165, 1.54) is 37.3 Å². The summed E-state index contributed by atoms with van der Waals surface area (Å²) >= 11 is 0.846. The van der Waals surface area contributed by atoms with Crippen molar-refractivity contribution < 1.29 is 45.7 Å². The van der Waals surface area contributed by atoms with Crippen LogP contribution >= 0.6 is 11.3 Å². The molecule has 54 heavy (non-hydrogen) atoms. The Hall–Kier alpha value is -6.95. The van der Waals surface area contributed by atoms with E-state index in [0.29, 0.717) is 0 Å². The van der Waals surface area contributed by atoms with E-state index in [0.717, 1.165) is 53.8 Å². The van der Waals surface area contributed by atoms with E-state index < -0.39 is 32.2 Å². The molecule has 2 heterocycles. The molecule has 0 saturated carbocycles. The SMILES string of the molecule is Cc1c(C#N)c(Nc2ccc(S(=O)(=O)O)cc2)nc(Nc2ccc(S(=O)(=O)O)cc2)c1N=Nc1sc(N=Nc2cc(C(=O)O)cc(C(=O)O)c2)cc1C#N. The zero-order valence-electron chi connectivity index (χ0n) is 27.0. The van der Waals surface area contributed by atoms with Crippen LogP contribution in [0.2, 0.25) is 0 Å². The first-order valence-electron chi connectivity index (χ1n) is 14.6. The maximum Gasteiger partial charge on any atom is 0.335 e. The molecule has 0 aliphatic carbocycles. The Morgan fingerprint density at radius 2 is 1.24 bits per heavy atom. The maximum absolute atomic E-state index is 11.6. The van der Waals surface area contributed by atoms with Crippen molar-refractivity contribution in [1.82, 2.24) is 4.98 Å². The number of aromatic carboxylic acids is 2. The zero-order valence-corrected chi connectivity index (χ0v) is 29.5. The third-order valence-corrected chi connectivity index (χ3v) is 9.73. The summed E-state index contributed by atoms with van der Waals surface area (Å²) < 4.78 is 64.8. The summed E-state index contributed by atoms with van der Waals surface area (Å²) in [5.41, 5.74) is -0.0491. The molecular formula is C32H21N9O10S3. The van der Waals surface area contributed by atoms with Crippen LogP contribution in [0.3, 0.4) is 0 Å². The van der Waals surface area contributed by atoms with Crippen molar-refractivity contribution in [2.75, 3.05) is 10.6 Å². The predicted molar refractivity (Wildman–Crippen MR) is 191 cm³/mol. The van der Waals surface area contributed by atoms with Gasteiger partial charge in [0.15, 0.2) is 16.6 Å². The fourth-order valence-electron chi connectivity index (χ4n) is 4.52. The standard InChI is InChI=1S/C32H21N9O10S3/c1-16-25(15-34)28(35-20-2-6-23(7-3-20)53(46,47)48)37-29(36-21-4-8-24(9-5-21)54(49,50)51)27(16)40-41-30-19(14-33)13-26(52-30)39-38-22-11-17(31(42)43)10-18(12-22)32(44)45/h2-13H,1H3,(H,42,43)(H,44,45)(H2,35,36,37)(H,46,47,48)(H,49,50,51). The Morgan fingerprint density at radius 3 is 1.70 bits per heavy atom. The van der Waals surface area contributed by atoms with Crippen LogP contribution in [-0.4, -0.2) is 53.1 Å². The lowest BCUT2D eigenvalue weighted by Gasteiger charge is -2.16. The van der Waals surface area contributed by atoms with Gasteiger partial charge in [0.05, 0.1) is 37.7 Å². The number of anilines is 4. The molecule has 2 aromatic heterocycles.